The zero-order valence-electron chi connectivity index (χ0n) is 37.3. The van der Waals surface area contributed by atoms with E-state index in [1.54, 1.807) is 0 Å². The number of benzene rings is 4. The van der Waals surface area contributed by atoms with E-state index in [9.17, 15) is 0 Å². The van der Waals surface area contributed by atoms with Crippen LogP contribution in [0.15, 0.2) is 104 Å². The van der Waals surface area contributed by atoms with Gasteiger partial charge in [-0.1, -0.05) is 223 Å². The van der Waals surface area contributed by atoms with Gasteiger partial charge < -0.3 is 0 Å². The normalized spacial score (nSPS) is 11.2. The lowest BCUT2D eigenvalue weighted by molar-refractivity contribution is 0.469. The molecule has 0 saturated carbocycles. The van der Waals surface area contributed by atoms with Gasteiger partial charge in [0.1, 0.15) is 0 Å². The van der Waals surface area contributed by atoms with Crippen LogP contribution < -0.4 is 0 Å². The van der Waals surface area contributed by atoms with Crippen molar-refractivity contribution in [3.63, 3.8) is 0 Å². The van der Waals surface area contributed by atoms with E-state index in [2.05, 4.69) is 222 Å². The highest BCUT2D eigenvalue weighted by Gasteiger charge is 2.29. The molecule has 0 amide bonds. The van der Waals surface area contributed by atoms with Crippen molar-refractivity contribution in [3.8, 4) is 0 Å². The van der Waals surface area contributed by atoms with Crippen LogP contribution in [0.3, 0.4) is 0 Å². The number of hydrogen-bond donors (Lipinski definition) is 0. The van der Waals surface area contributed by atoms with Crippen LogP contribution in [0, 0.1) is 31.6 Å². The summed E-state index contributed by atoms with van der Waals surface area (Å²) >= 11 is 0. The van der Waals surface area contributed by atoms with Crippen LogP contribution in [-0.4, -0.2) is 0 Å². The zero-order chi connectivity index (χ0) is 40.7. The maximum absolute atomic E-state index is 4.10. The van der Waals surface area contributed by atoms with Gasteiger partial charge in [-0.05, 0) is 96.2 Å². The van der Waals surface area contributed by atoms with E-state index < -0.39 is 0 Å². The predicted octanol–water partition coefficient (Wildman–Crippen LogP) is 16.3. The van der Waals surface area contributed by atoms with Crippen molar-refractivity contribution in [2.75, 3.05) is 0 Å². The Balaban J connectivity index is 0.000000834. The van der Waals surface area contributed by atoms with Gasteiger partial charge in [-0.25, -0.2) is 0 Å². The number of allylic oxidation sites excluding steroid dienone is 2. The molecule has 0 aliphatic rings. The Kier molecular flexibility index (Phi) is 19.7. The molecule has 0 aliphatic heterocycles. The van der Waals surface area contributed by atoms with Gasteiger partial charge in [0, 0.05) is 5.41 Å². The fraction of sp³-hybridized carbons (Fsp3) is 0.462. The van der Waals surface area contributed by atoms with E-state index >= 15 is 0 Å². The number of hydrogen-bond acceptors (Lipinski definition) is 0. The average Bonchev–Trinajstić information content (AvgIpc) is 3.00. The van der Waals surface area contributed by atoms with Gasteiger partial charge in [-0.15, -0.1) is 0 Å². The molecule has 4 aromatic rings. The van der Waals surface area contributed by atoms with Crippen molar-refractivity contribution >= 4 is 11.1 Å². The molecule has 0 bridgehead atoms. The third-order valence-electron chi connectivity index (χ3n) is 7.83. The predicted molar refractivity (Wildman–Crippen MR) is 240 cm³/mol. The highest BCUT2D eigenvalue weighted by atomic mass is 14.3. The summed E-state index contributed by atoms with van der Waals surface area (Å²) in [5.74, 6) is 0. The molecule has 0 spiro atoms. The van der Waals surface area contributed by atoms with Crippen LogP contribution in [0.5, 0.6) is 0 Å². The SMILES string of the molecule is C=C(C)c1ccc(C)c(C(C)(C)C)c1.C=C(C)c1cccc(CC(C)(c2cccc(C)c2)c2cccc(C)c2)c1.CC.CC(C)(C)C.CC(C)(C)C. The molecule has 52 heavy (non-hydrogen) atoms. The van der Waals surface area contributed by atoms with Crippen molar-refractivity contribution < 1.29 is 0 Å². The minimum Gasteiger partial charge on any atom is -0.0955 e. The van der Waals surface area contributed by atoms with Gasteiger partial charge >= 0.3 is 0 Å². The molecule has 0 nitrogen and oxygen atoms in total. The molecule has 4 rings (SSSR count). The molecule has 0 aromatic heterocycles. The molecule has 0 heterocycles. The molecular formula is C52H78. The van der Waals surface area contributed by atoms with Gasteiger partial charge in [-0.3, -0.25) is 0 Å². The fourth-order valence-corrected chi connectivity index (χ4v) is 5.40. The van der Waals surface area contributed by atoms with Crippen LogP contribution in [0.4, 0.5) is 0 Å². The quantitative estimate of drug-likeness (QED) is 0.188. The Labute approximate surface area is 323 Å². The van der Waals surface area contributed by atoms with Crippen molar-refractivity contribution in [1.82, 2.24) is 0 Å². The molecule has 0 saturated heterocycles. The van der Waals surface area contributed by atoms with Crippen LogP contribution in [0.25, 0.3) is 11.1 Å². The number of aryl methyl sites for hydroxylation is 3. The van der Waals surface area contributed by atoms with Crippen LogP contribution in [0.1, 0.15) is 161 Å². The monoisotopic (exact) mass is 703 g/mol. The molecule has 0 heteroatoms. The van der Waals surface area contributed by atoms with Gasteiger partial charge in [0.25, 0.3) is 0 Å². The smallest absolute Gasteiger partial charge is 0.0215 e. The van der Waals surface area contributed by atoms with E-state index in [0.717, 1.165) is 17.6 Å². The molecule has 0 N–H and O–H groups in total. The molecule has 4 aromatic carbocycles. The minimum absolute atomic E-state index is 0.0776. The van der Waals surface area contributed by atoms with E-state index in [1.165, 1.54) is 50.1 Å². The Morgan fingerprint density at radius 3 is 1.25 bits per heavy atom. The second-order valence-electron chi connectivity index (χ2n) is 18.8. The summed E-state index contributed by atoms with van der Waals surface area (Å²) in [7, 11) is 0. The lowest BCUT2D eigenvalue weighted by Gasteiger charge is -2.32. The first-order chi connectivity index (χ1) is 23.7. The number of rotatable bonds is 6. The first-order valence-electron chi connectivity index (χ1n) is 19.4. The summed E-state index contributed by atoms with van der Waals surface area (Å²) in [5, 5.41) is 0. The third kappa shape index (κ3) is 19.3. The second-order valence-corrected chi connectivity index (χ2v) is 18.8. The summed E-state index contributed by atoms with van der Waals surface area (Å²) in [5.41, 5.74) is 15.3. The Hall–Kier alpha value is -3.64. The van der Waals surface area contributed by atoms with Gasteiger partial charge in [-0.2, -0.15) is 0 Å². The maximum Gasteiger partial charge on any atom is 0.0215 e. The molecule has 0 unspecified atom stereocenters. The summed E-state index contributed by atoms with van der Waals surface area (Å²) in [6, 6.07) is 33.2. The van der Waals surface area contributed by atoms with E-state index in [0.29, 0.717) is 10.8 Å². The van der Waals surface area contributed by atoms with Gasteiger partial charge in [0.15, 0.2) is 0 Å². The molecule has 0 radical (unpaired) electrons. The minimum atomic E-state index is -0.0776. The van der Waals surface area contributed by atoms with Crippen molar-refractivity contribution in [2.24, 2.45) is 10.8 Å². The van der Waals surface area contributed by atoms with Gasteiger partial charge in [0.2, 0.25) is 0 Å². The standard InChI is InChI=1S/C26H28.C14H20.2C5H12.C2H6/c1-19(2)23-12-8-11-22(17-23)18-26(5,24-13-6-9-20(3)15-24)25-14-7-10-21(4)16-25;1-10(2)12-8-7-11(3)13(9-12)14(4,5)6;2*1-5(2,3)4;1-2/h6-17H,1,18H2,2-5H3;7-9H,1H2,2-6H3;2*1-4H3;1-2H3. The largest absolute Gasteiger partial charge is 0.0955 e. The highest BCUT2D eigenvalue weighted by Crippen LogP contribution is 2.37. The van der Waals surface area contributed by atoms with Crippen molar-refractivity contribution in [3.05, 3.63) is 154 Å². The first kappa shape index (κ1) is 48.4. The Morgan fingerprint density at radius 2 is 0.885 bits per heavy atom. The first-order valence-corrected chi connectivity index (χ1v) is 19.4. The average molecular weight is 703 g/mol. The Bertz CT molecular complexity index is 1600. The highest BCUT2D eigenvalue weighted by molar-refractivity contribution is 5.63. The lowest BCUT2D eigenvalue weighted by atomic mass is 9.71. The molecule has 0 aliphatic carbocycles. The second kappa shape index (κ2) is 21.2. The van der Waals surface area contributed by atoms with Crippen LogP contribution in [-0.2, 0) is 17.3 Å². The molecule has 0 atom stereocenters. The summed E-state index contributed by atoms with van der Waals surface area (Å²) in [6.45, 7) is 49.3. The lowest BCUT2D eigenvalue weighted by Crippen LogP contribution is -2.27. The summed E-state index contributed by atoms with van der Waals surface area (Å²) in [4.78, 5) is 0. The third-order valence-corrected chi connectivity index (χ3v) is 7.83. The van der Waals surface area contributed by atoms with Gasteiger partial charge in [0.05, 0.1) is 0 Å². The van der Waals surface area contributed by atoms with Crippen LogP contribution in [0.2, 0.25) is 0 Å². The topological polar surface area (TPSA) is 0 Å². The van der Waals surface area contributed by atoms with E-state index in [1.807, 2.05) is 13.8 Å². The maximum atomic E-state index is 4.10. The van der Waals surface area contributed by atoms with Crippen molar-refractivity contribution in [1.29, 1.82) is 0 Å². The van der Waals surface area contributed by atoms with E-state index in [4.69, 9.17) is 0 Å². The summed E-state index contributed by atoms with van der Waals surface area (Å²) in [6.07, 6.45) is 0.959. The summed E-state index contributed by atoms with van der Waals surface area (Å²) < 4.78 is 0. The van der Waals surface area contributed by atoms with E-state index in [-0.39, 0.29) is 10.8 Å². The Morgan fingerprint density at radius 1 is 0.500 bits per heavy atom. The molecular weight excluding hydrogens is 625 g/mol. The fourth-order valence-electron chi connectivity index (χ4n) is 5.40. The molecule has 286 valence electrons. The molecule has 0 fully saturated rings. The van der Waals surface area contributed by atoms with Crippen molar-refractivity contribution in [2.45, 2.75) is 149 Å². The van der Waals surface area contributed by atoms with Crippen LogP contribution >= 0.6 is 0 Å². The zero-order valence-corrected chi connectivity index (χ0v) is 37.3.